The lowest BCUT2D eigenvalue weighted by molar-refractivity contribution is -0.275. The minimum atomic E-state index is -5.08. The minimum absolute atomic E-state index is 0.154. The zero-order valence-electron chi connectivity index (χ0n) is 25.7. The second-order valence-corrected chi connectivity index (χ2v) is 11.3. The summed E-state index contributed by atoms with van der Waals surface area (Å²) < 4.78 is 82.4. The van der Waals surface area contributed by atoms with Crippen LogP contribution in [0.15, 0.2) is 78.9 Å². The predicted molar refractivity (Wildman–Crippen MR) is 164 cm³/mol. The number of epoxide rings is 1. The summed E-state index contributed by atoms with van der Waals surface area (Å²) in [5.74, 6) is -2.87. The molecule has 0 amide bonds. The number of hydrogen-bond acceptors (Lipinski definition) is 8. The van der Waals surface area contributed by atoms with E-state index < -0.39 is 29.9 Å². The van der Waals surface area contributed by atoms with Gasteiger partial charge in [-0.3, -0.25) is 0 Å². The molecule has 1 aliphatic carbocycles. The lowest BCUT2D eigenvalue weighted by Crippen LogP contribution is -2.18. The van der Waals surface area contributed by atoms with Crippen LogP contribution in [0.4, 0.5) is 17.6 Å². The Morgan fingerprint density at radius 1 is 0.771 bits per heavy atom. The quantitative estimate of drug-likeness (QED) is 0.0468. The molecule has 2 aliphatic rings. The van der Waals surface area contributed by atoms with Gasteiger partial charge in [0.15, 0.2) is 11.6 Å². The van der Waals surface area contributed by atoms with Crippen molar-refractivity contribution < 1.29 is 55.6 Å². The second kappa shape index (κ2) is 14.0. The molecule has 4 aromatic rings. The molecule has 1 aliphatic heterocycles. The Bertz CT molecular complexity index is 1800. The van der Waals surface area contributed by atoms with Gasteiger partial charge in [-0.15, -0.1) is 13.2 Å². The number of hydrogen-bond donors (Lipinski definition) is 0. The standard InChI is InChI=1S/C36H30F4O8/c1-21-30-17-25(46-34(41)22-4-7-24(8-5-22)44-15-3-2-14-43-19-27-20-45-27)9-11-28(30)29-12-10-26(18-31(21)29)47-35(42)23-6-13-33(32(37)16-23)48-36(38,39)40/h4-13,16-18,21,27H,2-3,14-15,19-20H2,1H3. The van der Waals surface area contributed by atoms with Gasteiger partial charge in [-0.2, -0.15) is 0 Å². The van der Waals surface area contributed by atoms with E-state index in [9.17, 15) is 27.2 Å². The van der Waals surface area contributed by atoms with Crippen molar-refractivity contribution >= 4 is 11.9 Å². The first kappa shape index (κ1) is 33.0. The van der Waals surface area contributed by atoms with E-state index in [0.29, 0.717) is 49.0 Å². The fourth-order valence-electron chi connectivity index (χ4n) is 5.31. The summed E-state index contributed by atoms with van der Waals surface area (Å²) in [7, 11) is 0. The fraction of sp³-hybridized carbons (Fsp3) is 0.278. The number of halogens is 4. The van der Waals surface area contributed by atoms with Gasteiger partial charge in [0.2, 0.25) is 0 Å². The number of esters is 2. The Balaban J connectivity index is 1.03. The average Bonchev–Trinajstić information content (AvgIpc) is 3.85. The maximum absolute atomic E-state index is 14.1. The molecule has 12 heteroatoms. The van der Waals surface area contributed by atoms with Crippen LogP contribution in [0.25, 0.3) is 11.1 Å². The predicted octanol–water partition coefficient (Wildman–Crippen LogP) is 7.87. The molecule has 1 heterocycles. The van der Waals surface area contributed by atoms with Crippen molar-refractivity contribution in [2.24, 2.45) is 0 Å². The Labute approximate surface area is 273 Å². The van der Waals surface area contributed by atoms with Gasteiger partial charge in [0, 0.05) is 12.5 Å². The van der Waals surface area contributed by atoms with Crippen LogP contribution >= 0.6 is 0 Å². The number of rotatable bonds is 13. The fourth-order valence-corrected chi connectivity index (χ4v) is 5.31. The van der Waals surface area contributed by atoms with E-state index in [1.54, 1.807) is 54.6 Å². The van der Waals surface area contributed by atoms with Crippen molar-refractivity contribution in [3.05, 3.63) is 107 Å². The van der Waals surface area contributed by atoms with Crippen LogP contribution in [0, 0.1) is 5.82 Å². The highest BCUT2D eigenvalue weighted by Gasteiger charge is 2.33. The van der Waals surface area contributed by atoms with Crippen LogP contribution < -0.4 is 18.9 Å². The van der Waals surface area contributed by atoms with Gasteiger partial charge in [-0.05, 0) is 102 Å². The molecule has 0 bridgehead atoms. The summed E-state index contributed by atoms with van der Waals surface area (Å²) in [6, 6.07) is 19.4. The zero-order chi connectivity index (χ0) is 33.8. The second-order valence-electron chi connectivity index (χ2n) is 11.3. The molecule has 8 nitrogen and oxygen atoms in total. The normalized spacial score (nSPS) is 16.1. The van der Waals surface area contributed by atoms with E-state index in [1.807, 2.05) is 13.0 Å². The third-order valence-corrected chi connectivity index (χ3v) is 7.83. The zero-order valence-corrected chi connectivity index (χ0v) is 25.7. The molecule has 0 radical (unpaired) electrons. The highest BCUT2D eigenvalue weighted by Crippen LogP contribution is 2.47. The topological polar surface area (TPSA) is 92.8 Å². The van der Waals surface area contributed by atoms with Gasteiger partial charge < -0.3 is 28.4 Å². The Hall–Kier alpha value is -4.94. The average molecular weight is 667 g/mol. The van der Waals surface area contributed by atoms with Crippen molar-refractivity contribution in [3.8, 4) is 34.1 Å². The van der Waals surface area contributed by atoms with E-state index in [4.69, 9.17) is 23.7 Å². The first-order valence-corrected chi connectivity index (χ1v) is 15.2. The molecule has 0 N–H and O–H groups in total. The van der Waals surface area contributed by atoms with Crippen LogP contribution in [0.2, 0.25) is 0 Å². The number of ether oxygens (including phenoxy) is 6. The van der Waals surface area contributed by atoms with Crippen LogP contribution in [-0.2, 0) is 9.47 Å². The van der Waals surface area contributed by atoms with Gasteiger partial charge in [0.05, 0.1) is 30.9 Å². The highest BCUT2D eigenvalue weighted by atomic mass is 19.4. The molecule has 1 saturated heterocycles. The van der Waals surface area contributed by atoms with E-state index in [0.717, 1.165) is 47.8 Å². The summed E-state index contributed by atoms with van der Waals surface area (Å²) in [6.45, 7) is 4.56. The molecule has 0 spiro atoms. The van der Waals surface area contributed by atoms with Crippen molar-refractivity contribution in [1.29, 1.82) is 0 Å². The molecule has 250 valence electrons. The summed E-state index contributed by atoms with van der Waals surface area (Å²) in [5.41, 5.74) is 3.63. The Morgan fingerprint density at radius 2 is 1.33 bits per heavy atom. The molecule has 0 aromatic heterocycles. The molecule has 6 rings (SSSR count). The van der Waals surface area contributed by atoms with Gasteiger partial charge in [-0.25, -0.2) is 14.0 Å². The molecular formula is C36H30F4O8. The largest absolute Gasteiger partial charge is 0.573 e. The van der Waals surface area contributed by atoms with Gasteiger partial charge in [0.1, 0.15) is 23.4 Å². The van der Waals surface area contributed by atoms with Gasteiger partial charge in [-0.1, -0.05) is 19.1 Å². The lowest BCUT2D eigenvalue weighted by atomic mass is 9.99. The number of alkyl halides is 3. The maximum Gasteiger partial charge on any atom is 0.573 e. The first-order chi connectivity index (χ1) is 23.0. The van der Waals surface area contributed by atoms with Crippen molar-refractivity contribution in [2.45, 2.75) is 38.1 Å². The Morgan fingerprint density at radius 3 is 1.92 bits per heavy atom. The number of unbranched alkanes of at least 4 members (excludes halogenated alkanes) is 1. The molecular weight excluding hydrogens is 636 g/mol. The van der Waals surface area contributed by atoms with E-state index in [2.05, 4.69) is 4.74 Å². The Kier molecular flexibility index (Phi) is 9.65. The SMILES string of the molecule is CC1c2cc(OC(=O)c3ccc(OCCCCOCC4CO4)cc3)ccc2-c2ccc(OC(=O)c3ccc(OC(F)(F)F)c(F)c3)cc21. The molecule has 1 fully saturated rings. The third-order valence-electron chi connectivity index (χ3n) is 7.83. The third kappa shape index (κ3) is 8.12. The molecule has 4 aromatic carbocycles. The van der Waals surface area contributed by atoms with Crippen molar-refractivity contribution in [3.63, 3.8) is 0 Å². The van der Waals surface area contributed by atoms with Crippen molar-refractivity contribution in [1.82, 2.24) is 0 Å². The number of carbonyl (C=O) groups excluding carboxylic acids is 2. The smallest absolute Gasteiger partial charge is 0.494 e. The maximum atomic E-state index is 14.1. The van der Waals surface area contributed by atoms with Gasteiger partial charge in [0.25, 0.3) is 0 Å². The molecule has 48 heavy (non-hydrogen) atoms. The molecule has 2 atom stereocenters. The summed E-state index contributed by atoms with van der Waals surface area (Å²) in [4.78, 5) is 25.5. The van der Waals surface area contributed by atoms with Crippen molar-refractivity contribution in [2.75, 3.05) is 26.4 Å². The number of carbonyl (C=O) groups is 2. The van der Waals surface area contributed by atoms with E-state index in [-0.39, 0.29) is 23.3 Å². The molecule has 0 saturated carbocycles. The number of benzene rings is 4. The van der Waals surface area contributed by atoms with Crippen LogP contribution in [0.3, 0.4) is 0 Å². The summed E-state index contributed by atoms with van der Waals surface area (Å²) in [5, 5.41) is 0. The number of fused-ring (bicyclic) bond motifs is 3. The first-order valence-electron chi connectivity index (χ1n) is 15.2. The molecule has 2 unspecified atom stereocenters. The minimum Gasteiger partial charge on any atom is -0.494 e. The highest BCUT2D eigenvalue weighted by molar-refractivity contribution is 5.92. The lowest BCUT2D eigenvalue weighted by Gasteiger charge is -2.11. The summed E-state index contributed by atoms with van der Waals surface area (Å²) in [6.07, 6.45) is -3.10. The monoisotopic (exact) mass is 666 g/mol. The van der Waals surface area contributed by atoms with Gasteiger partial charge >= 0.3 is 18.3 Å². The van der Waals surface area contributed by atoms with Crippen LogP contribution in [0.5, 0.6) is 23.0 Å². The van der Waals surface area contributed by atoms with E-state index >= 15 is 0 Å². The van der Waals surface area contributed by atoms with E-state index in [1.165, 1.54) is 0 Å². The van der Waals surface area contributed by atoms with Crippen LogP contribution in [0.1, 0.15) is 57.5 Å². The van der Waals surface area contributed by atoms with Crippen LogP contribution in [-0.4, -0.2) is 50.8 Å². The summed E-state index contributed by atoms with van der Waals surface area (Å²) >= 11 is 0.